The lowest BCUT2D eigenvalue weighted by molar-refractivity contribution is 0.321. The molecule has 1 fully saturated rings. The summed E-state index contributed by atoms with van der Waals surface area (Å²) in [5.74, 6) is 2.09. The summed E-state index contributed by atoms with van der Waals surface area (Å²) in [7, 11) is 2.16. The first-order valence-corrected chi connectivity index (χ1v) is 6.51. The van der Waals surface area contributed by atoms with E-state index in [0.29, 0.717) is 11.8 Å². The Kier molecular flexibility index (Phi) is 6.29. The van der Waals surface area contributed by atoms with Crippen molar-refractivity contribution in [2.24, 2.45) is 15.9 Å². The number of nitrogens with zero attached hydrogens (tertiary/aromatic N) is 4. The molecule has 1 heterocycles. The van der Waals surface area contributed by atoms with Crippen molar-refractivity contribution in [3.05, 3.63) is 12.3 Å². The minimum Gasteiger partial charge on any atom is -0.355 e. The van der Waals surface area contributed by atoms with Gasteiger partial charge in [-0.1, -0.05) is 6.92 Å². The summed E-state index contributed by atoms with van der Waals surface area (Å²) in [4.78, 5) is 12.8. The van der Waals surface area contributed by atoms with E-state index in [1.807, 2.05) is 6.08 Å². The van der Waals surface area contributed by atoms with Crippen molar-refractivity contribution in [1.82, 2.24) is 9.80 Å². The van der Waals surface area contributed by atoms with Gasteiger partial charge in [0.05, 0.1) is 5.88 Å². The summed E-state index contributed by atoms with van der Waals surface area (Å²) >= 11 is 4.16. The van der Waals surface area contributed by atoms with E-state index in [0.717, 1.165) is 32.0 Å². The van der Waals surface area contributed by atoms with Crippen molar-refractivity contribution in [3.63, 3.8) is 0 Å². The highest BCUT2D eigenvalue weighted by atomic mass is 32.1. The fourth-order valence-corrected chi connectivity index (χ4v) is 2.24. The molecule has 0 radical (unpaired) electrons. The van der Waals surface area contributed by atoms with Crippen LogP contribution in [-0.4, -0.2) is 61.5 Å². The Morgan fingerprint density at radius 3 is 2.88 bits per heavy atom. The highest BCUT2D eigenvalue weighted by Crippen LogP contribution is 2.09. The topological polar surface area (TPSA) is 31.2 Å². The number of hydrogen-bond acceptors (Lipinski definition) is 4. The van der Waals surface area contributed by atoms with Crippen molar-refractivity contribution >= 4 is 25.2 Å². The second-order valence-electron chi connectivity index (χ2n) is 4.47. The van der Waals surface area contributed by atoms with Crippen molar-refractivity contribution in [2.75, 3.05) is 39.1 Å². The van der Waals surface area contributed by atoms with Crippen LogP contribution >= 0.6 is 12.6 Å². The third kappa shape index (κ3) is 4.91. The van der Waals surface area contributed by atoms with Gasteiger partial charge in [0.2, 0.25) is 0 Å². The number of aliphatic imine (C=N–C) groups is 2. The largest absolute Gasteiger partial charge is 0.355 e. The number of likely N-dealkylation sites (N-methyl/N-ethyl adjacent to an activating group) is 1. The van der Waals surface area contributed by atoms with Gasteiger partial charge in [0, 0.05) is 32.4 Å². The number of amidine groups is 1. The van der Waals surface area contributed by atoms with Gasteiger partial charge >= 0.3 is 0 Å². The van der Waals surface area contributed by atoms with E-state index < -0.39 is 0 Å². The van der Waals surface area contributed by atoms with Crippen molar-refractivity contribution in [2.45, 2.75) is 6.92 Å². The van der Waals surface area contributed by atoms with Gasteiger partial charge < -0.3 is 9.80 Å². The monoisotopic (exact) mass is 254 g/mol. The molecule has 4 nitrogen and oxygen atoms in total. The van der Waals surface area contributed by atoms with Crippen LogP contribution in [0.3, 0.4) is 0 Å². The molecule has 0 aromatic rings. The first-order chi connectivity index (χ1) is 8.17. The van der Waals surface area contributed by atoms with Gasteiger partial charge in [0.25, 0.3) is 0 Å². The molecule has 0 aliphatic carbocycles. The molecule has 0 aromatic carbocycles. The second kappa shape index (κ2) is 7.50. The summed E-state index contributed by atoms with van der Waals surface area (Å²) in [6, 6.07) is 0. The van der Waals surface area contributed by atoms with Gasteiger partial charge in [-0.2, -0.15) is 12.6 Å². The molecular formula is C12H22N4S. The highest BCUT2D eigenvalue weighted by molar-refractivity contribution is 7.80. The number of thiol groups is 1. The molecule has 0 spiro atoms. The molecule has 96 valence electrons. The lowest BCUT2D eigenvalue weighted by Gasteiger charge is -2.24. The fraction of sp³-hybridized carbons (Fsp3) is 0.667. The average Bonchev–Trinajstić information content (AvgIpc) is 2.45. The number of hydrogen-bond donors (Lipinski definition) is 1. The maximum atomic E-state index is 4.40. The van der Waals surface area contributed by atoms with Gasteiger partial charge in [-0.15, -0.1) is 0 Å². The normalized spacial score (nSPS) is 24.1. The van der Waals surface area contributed by atoms with Crippen LogP contribution in [0.2, 0.25) is 0 Å². The molecule has 1 saturated heterocycles. The van der Waals surface area contributed by atoms with Crippen LogP contribution in [0.5, 0.6) is 0 Å². The third-order valence-corrected chi connectivity index (χ3v) is 2.93. The van der Waals surface area contributed by atoms with Gasteiger partial charge in [0.1, 0.15) is 5.84 Å². The molecule has 1 rings (SSSR count). The third-order valence-electron chi connectivity index (χ3n) is 2.79. The second-order valence-corrected chi connectivity index (χ2v) is 4.75. The van der Waals surface area contributed by atoms with E-state index in [1.165, 1.54) is 0 Å². The standard InChI is InChI=1S/C12H22N4S/c1-11-8-15(3)6-7-16(9-11)12(14-10-17)4-5-13-2/h4-5,11,17H,2,6-10H2,1,3H3/b5-4-,14-12+. The quantitative estimate of drug-likeness (QED) is 0.468. The molecule has 17 heavy (non-hydrogen) atoms. The van der Waals surface area contributed by atoms with Crippen LogP contribution in [0, 0.1) is 5.92 Å². The number of rotatable bonds is 3. The van der Waals surface area contributed by atoms with Crippen LogP contribution in [0.25, 0.3) is 0 Å². The molecule has 0 bridgehead atoms. The summed E-state index contributed by atoms with van der Waals surface area (Å²) in [6.07, 6.45) is 3.59. The first kappa shape index (κ1) is 14.3. The van der Waals surface area contributed by atoms with E-state index >= 15 is 0 Å². The van der Waals surface area contributed by atoms with Crippen LogP contribution in [0.15, 0.2) is 22.3 Å². The molecule has 1 atom stereocenters. The minimum absolute atomic E-state index is 0.498. The Hall–Kier alpha value is -0.810. The lowest BCUT2D eigenvalue weighted by atomic mass is 10.1. The van der Waals surface area contributed by atoms with E-state index in [2.05, 4.69) is 53.1 Å². The Balaban J connectivity index is 2.75. The summed E-state index contributed by atoms with van der Waals surface area (Å²) in [5, 5.41) is 0. The zero-order chi connectivity index (χ0) is 12.7. The lowest BCUT2D eigenvalue weighted by Crippen LogP contribution is -2.34. The first-order valence-electron chi connectivity index (χ1n) is 5.88. The predicted octanol–water partition coefficient (Wildman–Crippen LogP) is 1.37. The van der Waals surface area contributed by atoms with Crippen LogP contribution in [-0.2, 0) is 0 Å². The maximum Gasteiger partial charge on any atom is 0.125 e. The minimum atomic E-state index is 0.498. The summed E-state index contributed by atoms with van der Waals surface area (Å²) in [5.41, 5.74) is 0. The van der Waals surface area contributed by atoms with E-state index in [9.17, 15) is 0 Å². The molecule has 1 aliphatic rings. The van der Waals surface area contributed by atoms with Gasteiger partial charge in [-0.25, -0.2) is 0 Å². The van der Waals surface area contributed by atoms with Gasteiger partial charge in [-0.3, -0.25) is 9.98 Å². The Morgan fingerprint density at radius 1 is 1.47 bits per heavy atom. The molecule has 5 heteroatoms. The molecule has 1 aliphatic heterocycles. The molecular weight excluding hydrogens is 232 g/mol. The smallest absolute Gasteiger partial charge is 0.125 e. The van der Waals surface area contributed by atoms with E-state index in [4.69, 9.17) is 0 Å². The Labute approximate surface area is 110 Å². The molecule has 0 N–H and O–H groups in total. The predicted molar refractivity (Wildman–Crippen MR) is 78.2 cm³/mol. The molecule has 0 aromatic heterocycles. The maximum absolute atomic E-state index is 4.40. The highest BCUT2D eigenvalue weighted by Gasteiger charge is 2.18. The van der Waals surface area contributed by atoms with Crippen molar-refractivity contribution < 1.29 is 0 Å². The summed E-state index contributed by atoms with van der Waals surface area (Å²) < 4.78 is 0. The average molecular weight is 254 g/mol. The fourth-order valence-electron chi connectivity index (χ4n) is 2.10. The van der Waals surface area contributed by atoms with Crippen LogP contribution in [0.1, 0.15) is 6.92 Å². The van der Waals surface area contributed by atoms with E-state index in [1.54, 1.807) is 6.20 Å². The van der Waals surface area contributed by atoms with E-state index in [-0.39, 0.29) is 0 Å². The van der Waals surface area contributed by atoms with Gasteiger partial charge in [-0.05, 0) is 25.8 Å². The Morgan fingerprint density at radius 2 is 2.24 bits per heavy atom. The summed E-state index contributed by atoms with van der Waals surface area (Å²) in [6.45, 7) is 9.93. The van der Waals surface area contributed by atoms with Gasteiger partial charge in [0.15, 0.2) is 0 Å². The zero-order valence-corrected chi connectivity index (χ0v) is 11.6. The van der Waals surface area contributed by atoms with Crippen LogP contribution in [0.4, 0.5) is 0 Å². The molecule has 0 amide bonds. The molecule has 0 saturated carbocycles. The SMILES string of the molecule is C=N/C=C\C(=N/CS)N1CCN(C)CC(C)C1. The Bertz CT molecular complexity index is 301. The molecule has 1 unspecified atom stereocenters. The van der Waals surface area contributed by atoms with Crippen molar-refractivity contribution in [1.29, 1.82) is 0 Å². The van der Waals surface area contributed by atoms with Crippen molar-refractivity contribution in [3.8, 4) is 0 Å². The van der Waals surface area contributed by atoms with Crippen LogP contribution < -0.4 is 0 Å². The zero-order valence-electron chi connectivity index (χ0n) is 10.7.